The number of hydrogen-bond donors (Lipinski definition) is 2. The van der Waals surface area contributed by atoms with Crippen molar-refractivity contribution in [1.82, 2.24) is 4.72 Å². The topological polar surface area (TPSA) is 66.4 Å². The van der Waals surface area contributed by atoms with Gasteiger partial charge in [-0.2, -0.15) is 0 Å². The van der Waals surface area contributed by atoms with Gasteiger partial charge in [0.1, 0.15) is 0 Å². The van der Waals surface area contributed by atoms with Crippen LogP contribution in [-0.2, 0) is 10.0 Å². The first-order valence-corrected chi connectivity index (χ1v) is 7.89. The molecule has 0 spiro atoms. The Morgan fingerprint density at radius 2 is 1.63 bits per heavy atom. The van der Waals surface area contributed by atoms with Gasteiger partial charge in [-0.25, -0.2) is 13.1 Å². The summed E-state index contributed by atoms with van der Waals surface area (Å²) < 4.78 is 27.6. The molecule has 108 valence electrons. The molecule has 4 nitrogen and oxygen atoms in total. The Labute approximate surface area is 115 Å². The van der Waals surface area contributed by atoms with Crippen molar-refractivity contribution < 1.29 is 13.5 Å². The van der Waals surface area contributed by atoms with E-state index >= 15 is 0 Å². The Morgan fingerprint density at radius 1 is 1.16 bits per heavy atom. The van der Waals surface area contributed by atoms with Crippen LogP contribution in [0.25, 0.3) is 0 Å². The van der Waals surface area contributed by atoms with E-state index in [1.54, 1.807) is 6.92 Å². The highest BCUT2D eigenvalue weighted by atomic mass is 32.2. The van der Waals surface area contributed by atoms with E-state index in [9.17, 15) is 8.42 Å². The lowest BCUT2D eigenvalue weighted by atomic mass is 10.0. The molecule has 5 heteroatoms. The van der Waals surface area contributed by atoms with E-state index in [1.807, 2.05) is 33.8 Å². The summed E-state index contributed by atoms with van der Waals surface area (Å²) >= 11 is 0. The average Bonchev–Trinajstić information content (AvgIpc) is 2.25. The average molecular weight is 285 g/mol. The fourth-order valence-corrected chi connectivity index (χ4v) is 4.05. The summed E-state index contributed by atoms with van der Waals surface area (Å²) in [7, 11) is -3.55. The van der Waals surface area contributed by atoms with E-state index in [4.69, 9.17) is 5.11 Å². The molecule has 0 bridgehead atoms. The molecule has 1 rings (SSSR count). The van der Waals surface area contributed by atoms with Crippen molar-refractivity contribution in [3.8, 4) is 0 Å². The predicted molar refractivity (Wildman–Crippen MR) is 76.9 cm³/mol. The van der Waals surface area contributed by atoms with Crippen molar-refractivity contribution in [2.45, 2.75) is 52.0 Å². The van der Waals surface area contributed by atoms with Crippen molar-refractivity contribution in [3.05, 3.63) is 28.3 Å². The van der Waals surface area contributed by atoms with E-state index in [1.165, 1.54) is 0 Å². The number of rotatable bonds is 5. The zero-order chi connectivity index (χ0) is 14.8. The first-order chi connectivity index (χ1) is 8.70. The molecule has 0 aliphatic heterocycles. The van der Waals surface area contributed by atoms with Crippen LogP contribution in [0.1, 0.15) is 35.6 Å². The monoisotopic (exact) mass is 285 g/mol. The molecule has 1 aromatic carbocycles. The first kappa shape index (κ1) is 16.1. The summed E-state index contributed by atoms with van der Waals surface area (Å²) in [5.41, 5.74) is 3.51. The molecule has 0 aliphatic carbocycles. The summed E-state index contributed by atoms with van der Waals surface area (Å²) in [6.07, 6.45) is 0.405. The molecule has 0 radical (unpaired) electrons. The van der Waals surface area contributed by atoms with Gasteiger partial charge in [-0.3, -0.25) is 0 Å². The van der Waals surface area contributed by atoms with E-state index in [0.29, 0.717) is 11.3 Å². The maximum atomic E-state index is 12.5. The van der Waals surface area contributed by atoms with Crippen LogP contribution in [0.5, 0.6) is 0 Å². The molecule has 1 atom stereocenters. The van der Waals surface area contributed by atoms with Gasteiger partial charge < -0.3 is 5.11 Å². The number of aliphatic hydroxyl groups excluding tert-OH is 1. The maximum absolute atomic E-state index is 12.5. The molecule has 0 saturated carbocycles. The molecule has 0 saturated heterocycles. The fourth-order valence-electron chi connectivity index (χ4n) is 2.16. The Balaban J connectivity index is 3.29. The molecule has 19 heavy (non-hydrogen) atoms. The minimum absolute atomic E-state index is 0.0332. The van der Waals surface area contributed by atoms with Crippen molar-refractivity contribution in [1.29, 1.82) is 0 Å². The van der Waals surface area contributed by atoms with E-state index in [0.717, 1.165) is 22.3 Å². The summed E-state index contributed by atoms with van der Waals surface area (Å²) in [6, 6.07) is 1.72. The third kappa shape index (κ3) is 3.55. The van der Waals surface area contributed by atoms with Gasteiger partial charge >= 0.3 is 0 Å². The van der Waals surface area contributed by atoms with Gasteiger partial charge in [0, 0.05) is 12.6 Å². The molecule has 2 N–H and O–H groups in total. The Bertz CT molecular complexity index is 538. The highest BCUT2D eigenvalue weighted by Gasteiger charge is 2.23. The summed E-state index contributed by atoms with van der Waals surface area (Å²) in [5.74, 6) is 0. The van der Waals surface area contributed by atoms with Crippen molar-refractivity contribution in [3.63, 3.8) is 0 Å². The molecule has 0 heterocycles. The number of benzene rings is 1. The minimum atomic E-state index is -3.55. The van der Waals surface area contributed by atoms with Crippen LogP contribution in [0, 0.1) is 27.7 Å². The van der Waals surface area contributed by atoms with Crippen LogP contribution in [-0.4, -0.2) is 26.2 Å². The molecule has 0 fully saturated rings. The lowest BCUT2D eigenvalue weighted by Crippen LogP contribution is -2.34. The smallest absolute Gasteiger partial charge is 0.241 e. The van der Waals surface area contributed by atoms with Crippen LogP contribution in [0.3, 0.4) is 0 Å². The summed E-state index contributed by atoms with van der Waals surface area (Å²) in [4.78, 5) is 0.370. The van der Waals surface area contributed by atoms with Crippen LogP contribution in [0.15, 0.2) is 11.0 Å². The number of sulfonamides is 1. The van der Waals surface area contributed by atoms with Crippen LogP contribution in [0.4, 0.5) is 0 Å². The fraction of sp³-hybridized carbons (Fsp3) is 0.571. The van der Waals surface area contributed by atoms with Gasteiger partial charge in [-0.15, -0.1) is 0 Å². The van der Waals surface area contributed by atoms with E-state index in [2.05, 4.69) is 4.72 Å². The van der Waals surface area contributed by atoms with E-state index < -0.39 is 10.0 Å². The molecule has 0 aliphatic rings. The van der Waals surface area contributed by atoms with Crippen molar-refractivity contribution >= 4 is 10.0 Å². The summed E-state index contributed by atoms with van der Waals surface area (Å²) in [6.45, 7) is 9.20. The largest absolute Gasteiger partial charge is 0.396 e. The molecular weight excluding hydrogens is 262 g/mol. The van der Waals surface area contributed by atoms with Crippen LogP contribution < -0.4 is 4.72 Å². The summed E-state index contributed by atoms with van der Waals surface area (Å²) in [5, 5.41) is 8.87. The zero-order valence-corrected chi connectivity index (χ0v) is 13.1. The van der Waals surface area contributed by atoms with Crippen molar-refractivity contribution in [2.75, 3.05) is 6.61 Å². The molecule has 1 unspecified atom stereocenters. The number of hydrogen-bond acceptors (Lipinski definition) is 3. The van der Waals surface area contributed by atoms with Crippen LogP contribution >= 0.6 is 0 Å². The van der Waals surface area contributed by atoms with Gasteiger partial charge in [0.2, 0.25) is 10.0 Å². The van der Waals surface area contributed by atoms with Gasteiger partial charge in [-0.05, 0) is 63.3 Å². The quantitative estimate of drug-likeness (QED) is 0.869. The minimum Gasteiger partial charge on any atom is -0.396 e. The number of aliphatic hydroxyl groups is 1. The second-order valence-electron chi connectivity index (χ2n) is 5.12. The van der Waals surface area contributed by atoms with Crippen LogP contribution in [0.2, 0.25) is 0 Å². The number of aryl methyl sites for hydroxylation is 2. The van der Waals surface area contributed by atoms with E-state index in [-0.39, 0.29) is 12.6 Å². The van der Waals surface area contributed by atoms with Gasteiger partial charge in [0.25, 0.3) is 0 Å². The highest BCUT2D eigenvalue weighted by molar-refractivity contribution is 7.89. The molecule has 1 aromatic rings. The zero-order valence-electron chi connectivity index (χ0n) is 12.2. The second-order valence-corrected chi connectivity index (χ2v) is 6.77. The molecule has 0 amide bonds. The molecule has 0 aromatic heterocycles. The predicted octanol–water partition coefficient (Wildman–Crippen LogP) is 1.97. The normalized spacial score (nSPS) is 13.6. The lowest BCUT2D eigenvalue weighted by molar-refractivity contribution is 0.275. The van der Waals surface area contributed by atoms with Gasteiger partial charge in [0.15, 0.2) is 0 Å². The second kappa shape index (κ2) is 6.03. The Hall–Kier alpha value is -0.910. The maximum Gasteiger partial charge on any atom is 0.241 e. The third-order valence-corrected chi connectivity index (χ3v) is 5.35. The standard InChI is InChI=1S/C14H23NO3S/c1-9-8-10(2)13(5)14(12(9)4)19(17,18)15-11(3)6-7-16/h8,11,15-16H,6-7H2,1-5H3. The van der Waals surface area contributed by atoms with Crippen molar-refractivity contribution in [2.24, 2.45) is 0 Å². The molecular formula is C14H23NO3S. The Kier molecular flexibility index (Phi) is 5.12. The SMILES string of the molecule is Cc1cc(C)c(C)c(S(=O)(=O)NC(C)CCO)c1C. The number of nitrogens with one attached hydrogen (secondary N) is 1. The highest BCUT2D eigenvalue weighted by Crippen LogP contribution is 2.26. The Morgan fingerprint density at radius 3 is 2.05 bits per heavy atom. The lowest BCUT2D eigenvalue weighted by Gasteiger charge is -2.18. The van der Waals surface area contributed by atoms with Gasteiger partial charge in [0.05, 0.1) is 4.90 Å². The van der Waals surface area contributed by atoms with Gasteiger partial charge in [-0.1, -0.05) is 6.07 Å². The first-order valence-electron chi connectivity index (χ1n) is 6.41. The third-order valence-electron chi connectivity index (χ3n) is 3.48.